The molecule has 2 aromatic rings. The van der Waals surface area contributed by atoms with Crippen molar-refractivity contribution in [2.75, 3.05) is 19.5 Å². The summed E-state index contributed by atoms with van der Waals surface area (Å²) in [5, 5.41) is 5.12. The van der Waals surface area contributed by atoms with E-state index in [0.717, 1.165) is 5.69 Å². The number of aromatic nitrogens is 3. The Balaban J connectivity index is 1.76. The third kappa shape index (κ3) is 3.65. The Bertz CT molecular complexity index is 718. The molecule has 8 heteroatoms. The smallest absolute Gasteiger partial charge is 0.268 e. The molecular formula is C15H16N4O3S. The van der Waals surface area contributed by atoms with Gasteiger partial charge in [-0.1, -0.05) is 6.08 Å². The molecule has 2 aromatic heterocycles. The van der Waals surface area contributed by atoms with E-state index in [1.807, 2.05) is 11.5 Å². The van der Waals surface area contributed by atoms with Crippen molar-refractivity contribution in [3.05, 3.63) is 29.0 Å². The van der Waals surface area contributed by atoms with Crippen LogP contribution in [-0.4, -0.2) is 35.1 Å². The van der Waals surface area contributed by atoms with E-state index in [4.69, 9.17) is 9.47 Å². The lowest BCUT2D eigenvalue weighted by Crippen LogP contribution is -2.16. The van der Waals surface area contributed by atoms with Crippen molar-refractivity contribution >= 4 is 28.5 Å². The Morgan fingerprint density at radius 1 is 1.30 bits per heavy atom. The summed E-state index contributed by atoms with van der Waals surface area (Å²) >= 11 is 1.35. The van der Waals surface area contributed by atoms with Crippen molar-refractivity contribution in [3.8, 4) is 11.8 Å². The molecule has 23 heavy (non-hydrogen) atoms. The SMILES string of the molecule is COc1ncnc(OC)c1C(=O)Nc1nc(C=CC2CC2)cs1. The van der Waals surface area contributed by atoms with Gasteiger partial charge in [0.25, 0.3) is 5.91 Å². The highest BCUT2D eigenvalue weighted by atomic mass is 32.1. The average Bonchev–Trinajstić information content (AvgIpc) is 3.31. The highest BCUT2D eigenvalue weighted by Gasteiger charge is 2.22. The zero-order chi connectivity index (χ0) is 16.2. The molecule has 0 atom stereocenters. The van der Waals surface area contributed by atoms with E-state index in [1.54, 1.807) is 0 Å². The number of hydrogen-bond acceptors (Lipinski definition) is 7. The molecule has 1 amide bonds. The Labute approximate surface area is 137 Å². The van der Waals surface area contributed by atoms with Gasteiger partial charge in [0, 0.05) is 5.38 Å². The van der Waals surface area contributed by atoms with Crippen LogP contribution in [0, 0.1) is 5.92 Å². The summed E-state index contributed by atoms with van der Waals surface area (Å²) in [6.07, 6.45) is 7.91. The summed E-state index contributed by atoms with van der Waals surface area (Å²) in [6, 6.07) is 0. The minimum absolute atomic E-state index is 0.141. The predicted octanol–water partition coefficient (Wildman–Crippen LogP) is 2.63. The van der Waals surface area contributed by atoms with Gasteiger partial charge in [0.1, 0.15) is 6.33 Å². The quantitative estimate of drug-likeness (QED) is 0.875. The Morgan fingerprint density at radius 3 is 2.61 bits per heavy atom. The van der Waals surface area contributed by atoms with Crippen LogP contribution in [0.25, 0.3) is 6.08 Å². The van der Waals surface area contributed by atoms with Crippen molar-refractivity contribution < 1.29 is 14.3 Å². The number of rotatable bonds is 6. The van der Waals surface area contributed by atoms with Gasteiger partial charge >= 0.3 is 0 Å². The number of ether oxygens (including phenoxy) is 2. The molecule has 0 aromatic carbocycles. The van der Waals surface area contributed by atoms with Crippen molar-refractivity contribution in [1.29, 1.82) is 0 Å². The monoisotopic (exact) mass is 332 g/mol. The van der Waals surface area contributed by atoms with Gasteiger partial charge in [-0.15, -0.1) is 11.3 Å². The van der Waals surface area contributed by atoms with E-state index in [0.29, 0.717) is 11.0 Å². The molecule has 0 spiro atoms. The number of amides is 1. The van der Waals surface area contributed by atoms with E-state index in [-0.39, 0.29) is 17.3 Å². The van der Waals surface area contributed by atoms with E-state index in [2.05, 4.69) is 26.3 Å². The third-order valence-corrected chi connectivity index (χ3v) is 4.07. The summed E-state index contributed by atoms with van der Waals surface area (Å²) < 4.78 is 10.2. The molecule has 1 aliphatic carbocycles. The molecule has 0 radical (unpaired) electrons. The molecule has 3 rings (SSSR count). The maximum absolute atomic E-state index is 12.5. The average molecular weight is 332 g/mol. The van der Waals surface area contributed by atoms with Crippen LogP contribution in [0.1, 0.15) is 28.9 Å². The Hall–Kier alpha value is -2.48. The molecule has 2 heterocycles. The van der Waals surface area contributed by atoms with Gasteiger partial charge in [0.2, 0.25) is 11.8 Å². The molecule has 0 unspecified atom stereocenters. The van der Waals surface area contributed by atoms with Crippen molar-refractivity contribution in [2.45, 2.75) is 12.8 Å². The van der Waals surface area contributed by atoms with Crippen molar-refractivity contribution in [2.24, 2.45) is 5.92 Å². The fourth-order valence-electron chi connectivity index (χ4n) is 1.96. The number of carbonyl (C=O) groups excluding carboxylic acids is 1. The van der Waals surface area contributed by atoms with Crippen LogP contribution in [-0.2, 0) is 0 Å². The highest BCUT2D eigenvalue weighted by molar-refractivity contribution is 7.14. The van der Waals surface area contributed by atoms with Gasteiger partial charge in [-0.05, 0) is 24.8 Å². The highest BCUT2D eigenvalue weighted by Crippen LogP contribution is 2.31. The summed E-state index contributed by atoms with van der Waals surface area (Å²) in [4.78, 5) is 24.7. The molecule has 7 nitrogen and oxygen atoms in total. The Morgan fingerprint density at radius 2 is 2.00 bits per heavy atom. The zero-order valence-electron chi connectivity index (χ0n) is 12.8. The Kier molecular flexibility index (Phi) is 4.52. The van der Waals surface area contributed by atoms with Gasteiger partial charge < -0.3 is 9.47 Å². The number of thiazole rings is 1. The second-order valence-electron chi connectivity index (χ2n) is 5.00. The summed E-state index contributed by atoms with van der Waals surface area (Å²) in [7, 11) is 2.87. The topological polar surface area (TPSA) is 86.2 Å². The second-order valence-corrected chi connectivity index (χ2v) is 5.85. The molecule has 0 saturated heterocycles. The molecule has 1 N–H and O–H groups in total. The van der Waals surface area contributed by atoms with Gasteiger partial charge in [0.15, 0.2) is 10.7 Å². The number of carbonyl (C=O) groups is 1. The predicted molar refractivity (Wildman–Crippen MR) is 87.0 cm³/mol. The molecule has 1 fully saturated rings. The molecular weight excluding hydrogens is 316 g/mol. The fourth-order valence-corrected chi connectivity index (χ4v) is 2.63. The van der Waals surface area contributed by atoms with Gasteiger partial charge in [0.05, 0.1) is 19.9 Å². The lowest BCUT2D eigenvalue weighted by Gasteiger charge is -2.09. The summed E-state index contributed by atoms with van der Waals surface area (Å²) in [6.45, 7) is 0. The number of anilines is 1. The first-order chi connectivity index (χ1) is 11.2. The normalized spacial score (nSPS) is 14.0. The van der Waals surface area contributed by atoms with Gasteiger partial charge in [-0.25, -0.2) is 15.0 Å². The first-order valence-corrected chi connectivity index (χ1v) is 7.97. The van der Waals surface area contributed by atoms with Crippen LogP contribution >= 0.6 is 11.3 Å². The second kappa shape index (κ2) is 6.74. The van der Waals surface area contributed by atoms with Crippen molar-refractivity contribution in [3.63, 3.8) is 0 Å². The molecule has 1 aliphatic rings. The molecule has 0 bridgehead atoms. The van der Waals surface area contributed by atoms with Crippen LogP contribution in [0.4, 0.5) is 5.13 Å². The maximum atomic E-state index is 12.5. The minimum Gasteiger partial charge on any atom is -0.480 e. The van der Waals surface area contributed by atoms with E-state index < -0.39 is 5.91 Å². The van der Waals surface area contributed by atoms with Crippen LogP contribution < -0.4 is 14.8 Å². The standard InChI is InChI=1S/C15H16N4O3S/c1-21-13-11(14(22-2)17-8-16-13)12(20)19-15-18-10(7-23-15)6-5-9-3-4-9/h5-9H,3-4H2,1-2H3,(H,18,19,20). The molecule has 1 saturated carbocycles. The third-order valence-electron chi connectivity index (χ3n) is 3.30. The lowest BCUT2D eigenvalue weighted by atomic mass is 10.3. The van der Waals surface area contributed by atoms with Gasteiger partial charge in [-0.3, -0.25) is 10.1 Å². The molecule has 120 valence electrons. The first-order valence-electron chi connectivity index (χ1n) is 7.09. The van der Waals surface area contributed by atoms with Crippen LogP contribution in [0.15, 0.2) is 17.8 Å². The van der Waals surface area contributed by atoms with Crippen LogP contribution in [0.5, 0.6) is 11.8 Å². The number of hydrogen-bond donors (Lipinski definition) is 1. The zero-order valence-corrected chi connectivity index (χ0v) is 13.6. The fraction of sp³-hybridized carbons (Fsp3) is 0.333. The minimum atomic E-state index is -0.425. The lowest BCUT2D eigenvalue weighted by molar-refractivity contribution is 0.101. The number of nitrogens with one attached hydrogen (secondary N) is 1. The first kappa shape index (κ1) is 15.4. The summed E-state index contributed by atoms with van der Waals surface area (Å²) in [5.41, 5.74) is 0.975. The van der Waals surface area contributed by atoms with Crippen LogP contribution in [0.3, 0.4) is 0 Å². The van der Waals surface area contributed by atoms with E-state index >= 15 is 0 Å². The van der Waals surface area contributed by atoms with E-state index in [1.165, 1.54) is 44.7 Å². The summed E-state index contributed by atoms with van der Waals surface area (Å²) in [5.74, 6) is 0.565. The molecule has 0 aliphatic heterocycles. The number of nitrogens with zero attached hydrogens (tertiary/aromatic N) is 3. The van der Waals surface area contributed by atoms with Crippen molar-refractivity contribution in [1.82, 2.24) is 15.0 Å². The number of methoxy groups -OCH3 is 2. The maximum Gasteiger partial charge on any atom is 0.268 e. The van der Waals surface area contributed by atoms with Crippen LogP contribution in [0.2, 0.25) is 0 Å². The van der Waals surface area contributed by atoms with E-state index in [9.17, 15) is 4.79 Å². The number of allylic oxidation sites excluding steroid dienone is 1. The largest absolute Gasteiger partial charge is 0.480 e. The van der Waals surface area contributed by atoms with Gasteiger partial charge in [-0.2, -0.15) is 0 Å².